The van der Waals surface area contributed by atoms with E-state index in [-0.39, 0.29) is 0 Å². The summed E-state index contributed by atoms with van der Waals surface area (Å²) in [7, 11) is 0. The highest BCUT2D eigenvalue weighted by Gasteiger charge is 2.31. The molecule has 0 radical (unpaired) electrons. The lowest BCUT2D eigenvalue weighted by molar-refractivity contribution is -0.150. The molecular weight excluding hydrogens is 371 g/mol. The number of halogens is 3. The largest absolute Gasteiger partial charge is 0.397 e. The molecule has 2 heterocycles. The second-order valence-electron chi connectivity index (χ2n) is 6.78. The van der Waals surface area contributed by atoms with Crippen LogP contribution in [0.3, 0.4) is 0 Å². The minimum absolute atomic E-state index is 0.291. The van der Waals surface area contributed by atoms with E-state index >= 15 is 0 Å². The number of carbonyl (C=O) groups excluding carboxylic acids is 1. The number of aromatic nitrogens is 2. The fraction of sp³-hybridized carbons (Fsp3) is 0.421. The number of alkyl halides is 3. The molecule has 1 saturated heterocycles. The van der Waals surface area contributed by atoms with Gasteiger partial charge in [0.05, 0.1) is 0 Å². The summed E-state index contributed by atoms with van der Waals surface area (Å²) >= 11 is 0. The van der Waals surface area contributed by atoms with Gasteiger partial charge in [-0.25, -0.2) is 4.98 Å². The lowest BCUT2D eigenvalue weighted by Gasteiger charge is -2.28. The van der Waals surface area contributed by atoms with Gasteiger partial charge in [0.1, 0.15) is 12.2 Å². The van der Waals surface area contributed by atoms with Crippen molar-refractivity contribution < 1.29 is 18.0 Å². The van der Waals surface area contributed by atoms with E-state index in [1.807, 2.05) is 13.0 Å². The molecular formula is C19H22F3N5O. The van der Waals surface area contributed by atoms with Crippen LogP contribution in [0.25, 0.3) is 0 Å². The SMILES string of the molecule is Cc1cc(N2CCCCC2)nc(Nc2ccc(NC(=O)CC(F)(F)F)cc2)n1. The molecule has 9 heteroatoms. The Balaban J connectivity index is 1.65. The summed E-state index contributed by atoms with van der Waals surface area (Å²) in [5, 5.41) is 5.33. The Morgan fingerprint density at radius 2 is 1.71 bits per heavy atom. The fourth-order valence-electron chi connectivity index (χ4n) is 3.05. The van der Waals surface area contributed by atoms with Crippen molar-refractivity contribution in [3.8, 4) is 0 Å². The molecule has 1 aromatic carbocycles. The van der Waals surface area contributed by atoms with Crippen LogP contribution < -0.4 is 15.5 Å². The van der Waals surface area contributed by atoms with Crippen LogP contribution in [0.1, 0.15) is 31.4 Å². The van der Waals surface area contributed by atoms with E-state index in [9.17, 15) is 18.0 Å². The molecule has 0 bridgehead atoms. The maximum absolute atomic E-state index is 12.2. The van der Waals surface area contributed by atoms with Crippen molar-refractivity contribution in [2.75, 3.05) is 28.6 Å². The molecule has 2 N–H and O–H groups in total. The van der Waals surface area contributed by atoms with Crippen LogP contribution in [0.15, 0.2) is 30.3 Å². The minimum atomic E-state index is -4.53. The lowest BCUT2D eigenvalue weighted by atomic mass is 10.1. The van der Waals surface area contributed by atoms with Crippen LogP contribution in [0.4, 0.5) is 36.3 Å². The number of benzene rings is 1. The van der Waals surface area contributed by atoms with Crippen LogP contribution in [0.2, 0.25) is 0 Å². The number of amides is 1. The van der Waals surface area contributed by atoms with E-state index < -0.39 is 18.5 Å². The number of nitrogens with zero attached hydrogens (tertiary/aromatic N) is 3. The Kier molecular flexibility index (Phi) is 6.01. The first-order chi connectivity index (χ1) is 13.3. The van der Waals surface area contributed by atoms with Gasteiger partial charge in [0.25, 0.3) is 0 Å². The van der Waals surface area contributed by atoms with Crippen molar-refractivity contribution in [2.24, 2.45) is 0 Å². The van der Waals surface area contributed by atoms with Gasteiger partial charge in [0, 0.05) is 36.2 Å². The summed E-state index contributed by atoms with van der Waals surface area (Å²) in [6.07, 6.45) is -2.51. The summed E-state index contributed by atoms with van der Waals surface area (Å²) in [6, 6.07) is 8.30. The zero-order valence-electron chi connectivity index (χ0n) is 15.5. The molecule has 6 nitrogen and oxygen atoms in total. The second kappa shape index (κ2) is 8.45. The Morgan fingerprint density at radius 3 is 2.36 bits per heavy atom. The van der Waals surface area contributed by atoms with Gasteiger partial charge < -0.3 is 15.5 Å². The van der Waals surface area contributed by atoms with Gasteiger partial charge >= 0.3 is 6.18 Å². The normalized spacial score (nSPS) is 14.6. The molecule has 1 amide bonds. The van der Waals surface area contributed by atoms with E-state index in [0.717, 1.165) is 37.4 Å². The number of hydrogen-bond donors (Lipinski definition) is 2. The van der Waals surface area contributed by atoms with E-state index in [2.05, 4.69) is 25.5 Å². The van der Waals surface area contributed by atoms with Crippen molar-refractivity contribution in [1.82, 2.24) is 9.97 Å². The maximum Gasteiger partial charge on any atom is 0.397 e. The molecule has 1 aromatic heterocycles. The molecule has 2 aromatic rings. The first kappa shape index (κ1) is 19.9. The molecule has 0 saturated carbocycles. The van der Waals surface area contributed by atoms with Crippen LogP contribution in [0.5, 0.6) is 0 Å². The van der Waals surface area contributed by atoms with Gasteiger partial charge in [-0.15, -0.1) is 0 Å². The topological polar surface area (TPSA) is 70.2 Å². The number of nitrogens with one attached hydrogen (secondary N) is 2. The third-order valence-electron chi connectivity index (χ3n) is 4.31. The van der Waals surface area contributed by atoms with Gasteiger partial charge in [0.15, 0.2) is 0 Å². The molecule has 1 fully saturated rings. The fourth-order valence-corrected chi connectivity index (χ4v) is 3.05. The average Bonchev–Trinajstić information content (AvgIpc) is 2.62. The van der Waals surface area contributed by atoms with Gasteiger partial charge in [-0.1, -0.05) is 0 Å². The van der Waals surface area contributed by atoms with Gasteiger partial charge in [-0.05, 0) is 50.5 Å². The van der Waals surface area contributed by atoms with Crippen LogP contribution in [0, 0.1) is 6.92 Å². The summed E-state index contributed by atoms with van der Waals surface area (Å²) in [5.41, 5.74) is 1.80. The maximum atomic E-state index is 12.2. The van der Waals surface area contributed by atoms with E-state index in [4.69, 9.17) is 0 Å². The monoisotopic (exact) mass is 393 g/mol. The quantitative estimate of drug-likeness (QED) is 0.788. The van der Waals surface area contributed by atoms with Gasteiger partial charge in [-0.3, -0.25) is 4.79 Å². The highest BCUT2D eigenvalue weighted by molar-refractivity contribution is 5.91. The Labute approximate surface area is 161 Å². The molecule has 1 aliphatic rings. The van der Waals surface area contributed by atoms with Crippen molar-refractivity contribution in [1.29, 1.82) is 0 Å². The molecule has 1 aliphatic heterocycles. The molecule has 28 heavy (non-hydrogen) atoms. The van der Waals surface area contributed by atoms with Crippen LogP contribution in [-0.2, 0) is 4.79 Å². The van der Waals surface area contributed by atoms with Crippen molar-refractivity contribution in [3.05, 3.63) is 36.0 Å². The van der Waals surface area contributed by atoms with Crippen LogP contribution >= 0.6 is 0 Å². The zero-order chi connectivity index (χ0) is 20.1. The predicted octanol–water partition coefficient (Wildman–Crippen LogP) is 4.41. The lowest BCUT2D eigenvalue weighted by Crippen LogP contribution is -2.30. The smallest absolute Gasteiger partial charge is 0.356 e. The van der Waals surface area contributed by atoms with Gasteiger partial charge in [0.2, 0.25) is 11.9 Å². The number of anilines is 4. The Bertz CT molecular complexity index is 817. The second-order valence-corrected chi connectivity index (χ2v) is 6.78. The molecule has 0 spiro atoms. The molecule has 0 unspecified atom stereocenters. The molecule has 0 atom stereocenters. The summed E-state index contributed by atoms with van der Waals surface area (Å²) in [5.74, 6) is 0.238. The number of hydrogen-bond acceptors (Lipinski definition) is 5. The van der Waals surface area contributed by atoms with E-state index in [0.29, 0.717) is 17.3 Å². The highest BCUT2D eigenvalue weighted by atomic mass is 19.4. The standard InChI is InChI=1S/C19H22F3N5O/c1-13-11-16(27-9-3-2-4-10-27)26-18(23-13)25-15-7-5-14(6-8-15)24-17(28)12-19(20,21)22/h5-8,11H,2-4,9-10,12H2,1H3,(H,24,28)(H,23,25,26). The first-order valence-electron chi connectivity index (χ1n) is 9.13. The number of carbonyl (C=O) groups is 1. The predicted molar refractivity (Wildman–Crippen MR) is 102 cm³/mol. The summed E-state index contributed by atoms with van der Waals surface area (Å²) < 4.78 is 36.7. The average molecular weight is 393 g/mol. The highest BCUT2D eigenvalue weighted by Crippen LogP contribution is 2.23. The molecule has 0 aliphatic carbocycles. The first-order valence-corrected chi connectivity index (χ1v) is 9.13. The minimum Gasteiger partial charge on any atom is -0.356 e. The Morgan fingerprint density at radius 1 is 1.07 bits per heavy atom. The van der Waals surface area contributed by atoms with Crippen molar-refractivity contribution in [3.63, 3.8) is 0 Å². The third kappa shape index (κ3) is 5.83. The third-order valence-corrected chi connectivity index (χ3v) is 4.31. The van der Waals surface area contributed by atoms with E-state index in [1.54, 1.807) is 12.1 Å². The zero-order valence-corrected chi connectivity index (χ0v) is 15.5. The van der Waals surface area contributed by atoms with Crippen molar-refractivity contribution >= 4 is 29.0 Å². The van der Waals surface area contributed by atoms with Gasteiger partial charge in [-0.2, -0.15) is 18.2 Å². The molecule has 150 valence electrons. The van der Waals surface area contributed by atoms with E-state index in [1.165, 1.54) is 18.6 Å². The Hall–Kier alpha value is -2.84. The van der Waals surface area contributed by atoms with Crippen LogP contribution in [-0.4, -0.2) is 35.1 Å². The number of aryl methyl sites for hydroxylation is 1. The van der Waals surface area contributed by atoms with Crippen molar-refractivity contribution in [2.45, 2.75) is 38.8 Å². The number of rotatable bonds is 5. The number of piperidine rings is 1. The molecule has 3 rings (SSSR count). The summed E-state index contributed by atoms with van der Waals surface area (Å²) in [6.45, 7) is 3.85. The summed E-state index contributed by atoms with van der Waals surface area (Å²) in [4.78, 5) is 22.6.